The maximum absolute atomic E-state index is 12.1. The van der Waals surface area contributed by atoms with E-state index < -0.39 is 0 Å². The van der Waals surface area contributed by atoms with E-state index in [9.17, 15) is 4.79 Å². The summed E-state index contributed by atoms with van der Waals surface area (Å²) in [5.41, 5.74) is 6.79. The molecule has 0 spiro atoms. The van der Waals surface area contributed by atoms with Crippen LogP contribution in [0.2, 0.25) is 0 Å². The van der Waals surface area contributed by atoms with Gasteiger partial charge in [0.25, 0.3) is 0 Å². The average molecular weight is 351 g/mol. The number of aromatic nitrogens is 1. The highest BCUT2D eigenvalue weighted by atomic mass is 32.1. The Morgan fingerprint density at radius 3 is 2.96 bits per heavy atom. The number of para-hydroxylation sites is 1. The number of carbonyl (C=O) groups excluding carboxylic acids is 1. The Morgan fingerprint density at radius 2 is 2.08 bits per heavy atom. The van der Waals surface area contributed by atoms with Gasteiger partial charge in [-0.1, -0.05) is 24.3 Å². The highest BCUT2D eigenvalue weighted by Gasteiger charge is 2.19. The summed E-state index contributed by atoms with van der Waals surface area (Å²) in [6.45, 7) is 0.705. The second kappa shape index (κ2) is 7.23. The molecule has 1 N–H and O–H groups in total. The first kappa shape index (κ1) is 16.1. The van der Waals surface area contributed by atoms with Gasteiger partial charge in [0.1, 0.15) is 0 Å². The number of rotatable bonds is 5. The summed E-state index contributed by atoms with van der Waals surface area (Å²) in [4.78, 5) is 13.2. The lowest BCUT2D eigenvalue weighted by Gasteiger charge is -2.15. The van der Waals surface area contributed by atoms with Crippen LogP contribution in [0.1, 0.15) is 35.4 Å². The number of nitrogens with zero attached hydrogens (tertiary/aromatic N) is 2. The van der Waals surface area contributed by atoms with Crippen molar-refractivity contribution in [3.05, 3.63) is 57.9 Å². The molecule has 128 valence electrons. The van der Waals surface area contributed by atoms with Crippen molar-refractivity contribution in [1.29, 1.82) is 0 Å². The molecule has 0 atom stereocenters. The summed E-state index contributed by atoms with van der Waals surface area (Å²) in [5, 5.41) is 7.38. The molecule has 5 heteroatoms. The van der Waals surface area contributed by atoms with Gasteiger partial charge in [0.2, 0.25) is 5.91 Å². The number of hydrogen-bond acceptors (Lipinski definition) is 3. The molecule has 0 saturated carbocycles. The predicted molar refractivity (Wildman–Crippen MR) is 103 cm³/mol. The molecule has 1 aliphatic carbocycles. The number of nitrogens with one attached hydrogen (secondary N) is 1. The molecule has 2 aromatic heterocycles. The van der Waals surface area contributed by atoms with Gasteiger partial charge in [-0.25, -0.2) is 5.43 Å². The molecule has 0 aliphatic heterocycles. The topological polar surface area (TPSA) is 46.4 Å². The van der Waals surface area contributed by atoms with Gasteiger partial charge in [0.05, 0.1) is 6.21 Å². The van der Waals surface area contributed by atoms with E-state index >= 15 is 0 Å². The van der Waals surface area contributed by atoms with E-state index in [-0.39, 0.29) is 5.91 Å². The van der Waals surface area contributed by atoms with Crippen LogP contribution in [0, 0.1) is 0 Å². The van der Waals surface area contributed by atoms with Gasteiger partial charge in [0, 0.05) is 34.4 Å². The number of hydrazone groups is 1. The Bertz CT molecular complexity index is 909. The number of amides is 1. The van der Waals surface area contributed by atoms with Crippen LogP contribution >= 0.6 is 11.3 Å². The molecule has 0 fully saturated rings. The molecule has 25 heavy (non-hydrogen) atoms. The summed E-state index contributed by atoms with van der Waals surface area (Å²) in [6.07, 6.45) is 6.89. The molecule has 4 nitrogen and oxygen atoms in total. The minimum atomic E-state index is -0.0462. The zero-order chi connectivity index (χ0) is 17.1. The van der Waals surface area contributed by atoms with Crippen LogP contribution in [0.3, 0.4) is 0 Å². The molecule has 1 aliphatic rings. The molecule has 1 aromatic carbocycles. The first-order valence-electron chi connectivity index (χ1n) is 8.77. The standard InChI is InChI=1S/C20H21N3OS/c24-20(22-21-14-15-6-5-13-25-15)11-12-23-18-9-3-1-7-16(18)17-8-2-4-10-19(17)23/h1,3,5-7,9,13-14H,2,4,8,10-12H2,(H,22,24). The highest BCUT2D eigenvalue weighted by molar-refractivity contribution is 7.11. The lowest BCUT2D eigenvalue weighted by atomic mass is 9.95. The van der Waals surface area contributed by atoms with Crippen LogP contribution in [-0.4, -0.2) is 16.7 Å². The highest BCUT2D eigenvalue weighted by Crippen LogP contribution is 2.32. The van der Waals surface area contributed by atoms with Gasteiger partial charge in [-0.3, -0.25) is 4.79 Å². The van der Waals surface area contributed by atoms with Gasteiger partial charge in [-0.15, -0.1) is 11.3 Å². The molecule has 0 saturated heterocycles. The zero-order valence-electron chi connectivity index (χ0n) is 14.1. The lowest BCUT2D eigenvalue weighted by Crippen LogP contribution is -2.20. The Hall–Kier alpha value is -2.40. The second-order valence-corrected chi connectivity index (χ2v) is 7.34. The van der Waals surface area contributed by atoms with E-state index in [2.05, 4.69) is 39.4 Å². The second-order valence-electron chi connectivity index (χ2n) is 6.36. The summed E-state index contributed by atoms with van der Waals surface area (Å²) in [5.74, 6) is -0.0462. The lowest BCUT2D eigenvalue weighted by molar-refractivity contribution is -0.121. The fraction of sp³-hybridized carbons (Fsp3) is 0.300. The SMILES string of the molecule is O=C(CCn1c2c(c3ccccc31)CCCC2)NN=Cc1cccs1. The number of carbonyl (C=O) groups is 1. The first-order chi connectivity index (χ1) is 12.3. The molecule has 3 aromatic rings. The summed E-state index contributed by atoms with van der Waals surface area (Å²) >= 11 is 1.60. The van der Waals surface area contributed by atoms with E-state index in [1.165, 1.54) is 35.0 Å². The van der Waals surface area contributed by atoms with Crippen molar-refractivity contribution >= 4 is 34.4 Å². The minimum Gasteiger partial charge on any atom is -0.344 e. The Labute approximate surface area is 151 Å². The number of hydrogen-bond donors (Lipinski definition) is 1. The van der Waals surface area contributed by atoms with Crippen molar-refractivity contribution in [1.82, 2.24) is 9.99 Å². The van der Waals surface area contributed by atoms with Crippen molar-refractivity contribution in [2.75, 3.05) is 0 Å². The van der Waals surface area contributed by atoms with Crippen molar-refractivity contribution in [3.63, 3.8) is 0 Å². The zero-order valence-corrected chi connectivity index (χ0v) is 14.9. The van der Waals surface area contributed by atoms with Crippen LogP contribution < -0.4 is 5.43 Å². The van der Waals surface area contributed by atoms with Crippen LogP contribution in [0.4, 0.5) is 0 Å². The van der Waals surface area contributed by atoms with E-state index in [0.29, 0.717) is 13.0 Å². The fourth-order valence-electron chi connectivity index (χ4n) is 3.64. The maximum Gasteiger partial charge on any atom is 0.241 e. The summed E-state index contributed by atoms with van der Waals surface area (Å²) in [6, 6.07) is 12.5. The van der Waals surface area contributed by atoms with Gasteiger partial charge >= 0.3 is 0 Å². The smallest absolute Gasteiger partial charge is 0.241 e. The molecule has 0 unspecified atom stereocenters. The molecule has 2 heterocycles. The van der Waals surface area contributed by atoms with Crippen molar-refractivity contribution < 1.29 is 4.79 Å². The molecular formula is C20H21N3OS. The average Bonchev–Trinajstić information content (AvgIpc) is 3.26. The summed E-state index contributed by atoms with van der Waals surface area (Å²) in [7, 11) is 0. The number of fused-ring (bicyclic) bond motifs is 3. The van der Waals surface area contributed by atoms with E-state index in [1.807, 2.05) is 17.5 Å². The van der Waals surface area contributed by atoms with E-state index in [1.54, 1.807) is 17.6 Å². The Kier molecular flexibility index (Phi) is 4.65. The number of benzene rings is 1. The minimum absolute atomic E-state index is 0.0462. The van der Waals surface area contributed by atoms with Crippen LogP contribution in [0.5, 0.6) is 0 Å². The maximum atomic E-state index is 12.1. The molecule has 0 bridgehead atoms. The van der Waals surface area contributed by atoms with Crippen LogP contribution in [-0.2, 0) is 24.2 Å². The van der Waals surface area contributed by atoms with Gasteiger partial charge in [-0.05, 0) is 48.8 Å². The number of aryl methyl sites for hydroxylation is 2. The quantitative estimate of drug-likeness (QED) is 0.545. The normalized spacial score (nSPS) is 14.1. The first-order valence-corrected chi connectivity index (χ1v) is 9.65. The van der Waals surface area contributed by atoms with Crippen molar-refractivity contribution in [2.24, 2.45) is 5.10 Å². The van der Waals surface area contributed by atoms with Crippen molar-refractivity contribution in [3.8, 4) is 0 Å². The third kappa shape index (κ3) is 3.37. The Balaban J connectivity index is 1.47. The third-order valence-electron chi connectivity index (χ3n) is 4.77. The molecule has 4 rings (SSSR count). The third-order valence-corrected chi connectivity index (χ3v) is 5.58. The van der Waals surface area contributed by atoms with Crippen molar-refractivity contribution in [2.45, 2.75) is 38.6 Å². The van der Waals surface area contributed by atoms with Gasteiger partial charge < -0.3 is 4.57 Å². The fourth-order valence-corrected chi connectivity index (χ4v) is 4.23. The molecule has 0 radical (unpaired) electrons. The summed E-state index contributed by atoms with van der Waals surface area (Å²) < 4.78 is 2.34. The van der Waals surface area contributed by atoms with Gasteiger partial charge in [-0.2, -0.15) is 5.10 Å². The van der Waals surface area contributed by atoms with E-state index in [4.69, 9.17) is 0 Å². The van der Waals surface area contributed by atoms with Crippen LogP contribution in [0.15, 0.2) is 46.9 Å². The Morgan fingerprint density at radius 1 is 1.20 bits per heavy atom. The van der Waals surface area contributed by atoms with E-state index in [0.717, 1.165) is 17.7 Å². The largest absolute Gasteiger partial charge is 0.344 e. The molecule has 1 amide bonds. The van der Waals surface area contributed by atoms with Crippen LogP contribution in [0.25, 0.3) is 10.9 Å². The van der Waals surface area contributed by atoms with Gasteiger partial charge in [0.15, 0.2) is 0 Å². The number of thiophene rings is 1. The monoisotopic (exact) mass is 351 g/mol. The predicted octanol–water partition coefficient (Wildman–Crippen LogP) is 4.12. The molecular weight excluding hydrogens is 330 g/mol.